The Balaban J connectivity index is 0.00000128. The van der Waals surface area contributed by atoms with Crippen molar-refractivity contribution in [2.24, 2.45) is 5.73 Å². The molecule has 1 aromatic carbocycles. The largest absolute Gasteiger partial charge is 0.325 e. The van der Waals surface area contributed by atoms with E-state index in [4.69, 9.17) is 17.3 Å². The third-order valence-electron chi connectivity index (χ3n) is 3.32. The predicted molar refractivity (Wildman–Crippen MR) is 72.4 cm³/mol. The van der Waals surface area contributed by atoms with E-state index in [1.165, 1.54) is 24.8 Å². The molecule has 0 spiro atoms. The zero-order chi connectivity index (χ0) is 10.7. The highest BCUT2D eigenvalue weighted by atomic mass is 35.5. The average molecular weight is 260 g/mol. The number of halogens is 2. The van der Waals surface area contributed by atoms with E-state index >= 15 is 0 Å². The van der Waals surface area contributed by atoms with E-state index in [1.54, 1.807) is 0 Å². The van der Waals surface area contributed by atoms with Gasteiger partial charge in [-0.2, -0.15) is 0 Å². The first-order valence-corrected chi connectivity index (χ1v) is 6.09. The standard InChI is InChI=1S/C13H18ClN.ClH/c14-12-6-4-11(5-7-12)10-13(15)8-2-1-3-9-13;/h4-7H,1-3,8-10,15H2;1H. The van der Waals surface area contributed by atoms with E-state index in [0.29, 0.717) is 0 Å². The fraction of sp³-hybridized carbons (Fsp3) is 0.538. The summed E-state index contributed by atoms with van der Waals surface area (Å²) < 4.78 is 0. The second-order valence-electron chi connectivity index (χ2n) is 4.73. The van der Waals surface area contributed by atoms with Crippen molar-refractivity contribution in [2.45, 2.75) is 44.1 Å². The lowest BCUT2D eigenvalue weighted by Gasteiger charge is -2.33. The molecule has 1 saturated carbocycles. The van der Waals surface area contributed by atoms with Gasteiger partial charge in [0, 0.05) is 10.6 Å². The summed E-state index contributed by atoms with van der Waals surface area (Å²) in [6.45, 7) is 0. The van der Waals surface area contributed by atoms with Crippen LogP contribution in [0.15, 0.2) is 24.3 Å². The molecule has 1 aromatic rings. The van der Waals surface area contributed by atoms with Crippen LogP contribution in [0.2, 0.25) is 5.02 Å². The molecule has 0 aliphatic heterocycles. The third kappa shape index (κ3) is 3.65. The minimum atomic E-state index is 0. The van der Waals surface area contributed by atoms with Gasteiger partial charge in [-0.1, -0.05) is 43.0 Å². The second-order valence-corrected chi connectivity index (χ2v) is 5.16. The smallest absolute Gasteiger partial charge is 0.0406 e. The van der Waals surface area contributed by atoms with E-state index in [9.17, 15) is 0 Å². The number of hydrogen-bond acceptors (Lipinski definition) is 1. The van der Waals surface area contributed by atoms with Gasteiger partial charge in [0.05, 0.1) is 0 Å². The maximum absolute atomic E-state index is 6.40. The van der Waals surface area contributed by atoms with Gasteiger partial charge >= 0.3 is 0 Å². The Morgan fingerprint density at radius 3 is 2.19 bits per heavy atom. The minimum absolute atomic E-state index is 0. The molecule has 1 aliphatic carbocycles. The Morgan fingerprint density at radius 2 is 1.62 bits per heavy atom. The van der Waals surface area contributed by atoms with Crippen molar-refractivity contribution >= 4 is 24.0 Å². The lowest BCUT2D eigenvalue weighted by atomic mass is 9.78. The molecular weight excluding hydrogens is 241 g/mol. The quantitative estimate of drug-likeness (QED) is 0.855. The van der Waals surface area contributed by atoms with Crippen molar-refractivity contribution in [3.63, 3.8) is 0 Å². The fourth-order valence-corrected chi connectivity index (χ4v) is 2.57. The van der Waals surface area contributed by atoms with E-state index in [2.05, 4.69) is 12.1 Å². The van der Waals surface area contributed by atoms with Crippen molar-refractivity contribution in [3.8, 4) is 0 Å². The molecule has 1 fully saturated rings. The molecule has 0 aromatic heterocycles. The maximum atomic E-state index is 6.40. The normalized spacial score (nSPS) is 18.9. The van der Waals surface area contributed by atoms with Crippen LogP contribution in [-0.2, 0) is 6.42 Å². The molecule has 0 atom stereocenters. The summed E-state index contributed by atoms with van der Waals surface area (Å²) in [5.41, 5.74) is 7.74. The molecule has 3 heteroatoms. The maximum Gasteiger partial charge on any atom is 0.0406 e. The first kappa shape index (κ1) is 13.8. The van der Waals surface area contributed by atoms with Crippen molar-refractivity contribution in [1.82, 2.24) is 0 Å². The number of benzene rings is 1. The van der Waals surface area contributed by atoms with Gasteiger partial charge in [-0.05, 0) is 37.0 Å². The molecule has 2 rings (SSSR count). The number of nitrogens with two attached hydrogens (primary N) is 1. The highest BCUT2D eigenvalue weighted by Crippen LogP contribution is 2.29. The Kier molecular flexibility index (Phi) is 5.10. The van der Waals surface area contributed by atoms with Gasteiger partial charge < -0.3 is 5.73 Å². The summed E-state index contributed by atoms with van der Waals surface area (Å²) in [5.74, 6) is 0. The minimum Gasteiger partial charge on any atom is -0.325 e. The third-order valence-corrected chi connectivity index (χ3v) is 3.57. The van der Waals surface area contributed by atoms with Crippen LogP contribution >= 0.6 is 24.0 Å². The van der Waals surface area contributed by atoms with Gasteiger partial charge in [-0.25, -0.2) is 0 Å². The summed E-state index contributed by atoms with van der Waals surface area (Å²) in [6, 6.07) is 8.07. The predicted octanol–water partition coefficient (Wildman–Crippen LogP) is 3.97. The second kappa shape index (κ2) is 5.90. The highest BCUT2D eigenvalue weighted by molar-refractivity contribution is 6.30. The zero-order valence-corrected chi connectivity index (χ0v) is 11.0. The summed E-state index contributed by atoms with van der Waals surface area (Å²) in [6.07, 6.45) is 7.23. The van der Waals surface area contributed by atoms with Crippen LogP contribution in [0.5, 0.6) is 0 Å². The summed E-state index contributed by atoms with van der Waals surface area (Å²) in [5, 5.41) is 0.800. The summed E-state index contributed by atoms with van der Waals surface area (Å²) in [7, 11) is 0. The van der Waals surface area contributed by atoms with E-state index in [-0.39, 0.29) is 17.9 Å². The van der Waals surface area contributed by atoms with Crippen LogP contribution < -0.4 is 5.73 Å². The van der Waals surface area contributed by atoms with Crippen LogP contribution in [0.3, 0.4) is 0 Å². The monoisotopic (exact) mass is 259 g/mol. The molecule has 16 heavy (non-hydrogen) atoms. The van der Waals surface area contributed by atoms with E-state index in [0.717, 1.165) is 24.3 Å². The van der Waals surface area contributed by atoms with Gasteiger partial charge in [0.2, 0.25) is 0 Å². The van der Waals surface area contributed by atoms with E-state index in [1.807, 2.05) is 12.1 Å². The molecule has 0 radical (unpaired) electrons. The molecule has 90 valence electrons. The topological polar surface area (TPSA) is 26.0 Å². The van der Waals surface area contributed by atoms with Crippen molar-refractivity contribution < 1.29 is 0 Å². The molecule has 0 saturated heterocycles. The van der Waals surface area contributed by atoms with Crippen molar-refractivity contribution in [2.75, 3.05) is 0 Å². The molecule has 1 aliphatic rings. The molecule has 0 bridgehead atoms. The Labute approximate surface area is 109 Å². The van der Waals surface area contributed by atoms with Crippen molar-refractivity contribution in [1.29, 1.82) is 0 Å². The van der Waals surface area contributed by atoms with Gasteiger partial charge in [0.15, 0.2) is 0 Å². The van der Waals surface area contributed by atoms with Crippen molar-refractivity contribution in [3.05, 3.63) is 34.9 Å². The number of hydrogen-bond donors (Lipinski definition) is 1. The van der Waals surface area contributed by atoms with Crippen LogP contribution in [0.25, 0.3) is 0 Å². The summed E-state index contributed by atoms with van der Waals surface area (Å²) in [4.78, 5) is 0. The van der Waals surface area contributed by atoms with Crippen LogP contribution in [0.4, 0.5) is 0 Å². The first-order chi connectivity index (χ1) is 7.18. The van der Waals surface area contributed by atoms with Crippen LogP contribution in [0, 0.1) is 0 Å². The lowest BCUT2D eigenvalue weighted by Crippen LogP contribution is -2.43. The van der Waals surface area contributed by atoms with Gasteiger partial charge in [0.25, 0.3) is 0 Å². The van der Waals surface area contributed by atoms with Gasteiger partial charge in [0.1, 0.15) is 0 Å². The number of rotatable bonds is 2. The molecule has 1 nitrogen and oxygen atoms in total. The Morgan fingerprint density at radius 1 is 1.06 bits per heavy atom. The molecule has 2 N–H and O–H groups in total. The Bertz CT molecular complexity index is 315. The van der Waals surface area contributed by atoms with E-state index < -0.39 is 0 Å². The molecule has 0 unspecified atom stereocenters. The Hall–Kier alpha value is -0.240. The lowest BCUT2D eigenvalue weighted by molar-refractivity contribution is 0.294. The zero-order valence-electron chi connectivity index (χ0n) is 9.42. The first-order valence-electron chi connectivity index (χ1n) is 5.71. The summed E-state index contributed by atoms with van der Waals surface area (Å²) >= 11 is 5.86. The molecular formula is C13H19Cl2N. The van der Waals surface area contributed by atoms with Crippen LogP contribution in [-0.4, -0.2) is 5.54 Å². The highest BCUT2D eigenvalue weighted by Gasteiger charge is 2.27. The van der Waals surface area contributed by atoms with Gasteiger partial charge in [-0.3, -0.25) is 0 Å². The fourth-order valence-electron chi connectivity index (χ4n) is 2.44. The molecule has 0 amide bonds. The molecule has 0 heterocycles. The van der Waals surface area contributed by atoms with Crippen LogP contribution in [0.1, 0.15) is 37.7 Å². The SMILES string of the molecule is Cl.NC1(Cc2ccc(Cl)cc2)CCCCC1. The van der Waals surface area contributed by atoms with Gasteiger partial charge in [-0.15, -0.1) is 12.4 Å². The average Bonchev–Trinajstić information content (AvgIpc) is 2.22.